The summed E-state index contributed by atoms with van der Waals surface area (Å²) in [4.78, 5) is 83.7. The van der Waals surface area contributed by atoms with Crippen LogP contribution in [0, 0.1) is 0 Å². The van der Waals surface area contributed by atoms with Crippen molar-refractivity contribution in [2.75, 3.05) is 13.2 Å². The Balaban J connectivity index is 2.66. The second kappa shape index (κ2) is 16.3. The fourth-order valence-corrected chi connectivity index (χ4v) is 4.59. The van der Waals surface area contributed by atoms with Gasteiger partial charge in [-0.15, -0.1) is 0 Å². The molecule has 10 atom stereocenters. The van der Waals surface area contributed by atoms with Gasteiger partial charge in [0.25, 0.3) is 0 Å². The average Bonchev–Trinajstić information content (AvgIpc) is 2.87. The summed E-state index contributed by atoms with van der Waals surface area (Å²) < 4.78 is 49.1. The van der Waals surface area contributed by atoms with Gasteiger partial charge in [0.1, 0.15) is 37.6 Å². The Morgan fingerprint density at radius 2 is 0.977 bits per heavy atom. The van der Waals surface area contributed by atoms with Gasteiger partial charge < -0.3 is 53.1 Å². The number of carbonyl (C=O) groups excluding carboxylic acids is 7. The summed E-state index contributed by atoms with van der Waals surface area (Å²) in [6.45, 7) is 6.36. The number of rotatable bonds is 11. The third kappa shape index (κ3) is 10.7. The molecule has 0 spiro atoms. The number of carbonyl (C=O) groups is 7. The van der Waals surface area contributed by atoms with Gasteiger partial charge in [-0.1, -0.05) is 0 Å². The largest absolute Gasteiger partial charge is 0.463 e. The molecule has 0 bridgehead atoms. The lowest BCUT2D eigenvalue weighted by Gasteiger charge is -2.48. The number of aliphatic hydroxyl groups is 1. The van der Waals surface area contributed by atoms with Gasteiger partial charge in [-0.25, -0.2) is 0 Å². The molecule has 10 unspecified atom stereocenters. The minimum absolute atomic E-state index is 0.532. The van der Waals surface area contributed by atoms with Crippen LogP contribution in [0.5, 0.6) is 0 Å². The predicted octanol–water partition coefficient (Wildman–Crippen LogP) is -1.83. The van der Waals surface area contributed by atoms with Crippen LogP contribution in [0.25, 0.3) is 0 Å². The summed E-state index contributed by atoms with van der Waals surface area (Å²) in [5.74, 6) is -5.68. The summed E-state index contributed by atoms with van der Waals surface area (Å²) >= 11 is 0. The fraction of sp³-hybridized carbons (Fsp3) is 0.731. The molecular formula is C26H37NO17. The second-order valence-electron chi connectivity index (χ2n) is 9.84. The maximum atomic E-state index is 12.2. The van der Waals surface area contributed by atoms with Crippen molar-refractivity contribution < 1.29 is 81.3 Å². The van der Waals surface area contributed by atoms with Crippen LogP contribution in [0.2, 0.25) is 0 Å². The van der Waals surface area contributed by atoms with Gasteiger partial charge in [0.15, 0.2) is 37.0 Å². The van der Waals surface area contributed by atoms with E-state index in [1.165, 1.54) is 0 Å². The van der Waals surface area contributed by atoms with Crippen LogP contribution in [0.15, 0.2) is 0 Å². The molecule has 1 amide bonds. The standard InChI is InChI=1S/C26H37NO17/c1-10(28)27-19-22(20(38-13(4)31)17(42-25(19)35)8-36-11(2)29)44-26-24(41-16(7)34)23(40-15(6)33)21(39-14(5)32)18(43-26)9-37-12(3)30/h17-26,35H,8-9H2,1-7H3,(H,27,28). The molecule has 0 saturated carbocycles. The highest BCUT2D eigenvalue weighted by molar-refractivity contribution is 5.73. The lowest BCUT2D eigenvalue weighted by Crippen LogP contribution is -2.69. The molecule has 2 heterocycles. The Morgan fingerprint density at radius 1 is 0.568 bits per heavy atom. The number of esters is 6. The van der Waals surface area contributed by atoms with E-state index in [0.29, 0.717) is 0 Å². The van der Waals surface area contributed by atoms with E-state index in [2.05, 4.69) is 5.32 Å². The van der Waals surface area contributed by atoms with Crippen LogP contribution in [-0.4, -0.2) is 121 Å². The van der Waals surface area contributed by atoms with E-state index in [-0.39, 0.29) is 0 Å². The highest BCUT2D eigenvalue weighted by Crippen LogP contribution is 2.34. The summed E-state index contributed by atoms with van der Waals surface area (Å²) in [5, 5.41) is 13.2. The van der Waals surface area contributed by atoms with Gasteiger partial charge in [0, 0.05) is 48.5 Å². The first-order valence-electron chi connectivity index (χ1n) is 13.4. The zero-order valence-corrected chi connectivity index (χ0v) is 25.2. The Bertz CT molecular complexity index is 1090. The molecule has 0 aromatic heterocycles. The minimum atomic E-state index is -1.83. The van der Waals surface area contributed by atoms with E-state index in [1.54, 1.807) is 0 Å². The number of aliphatic hydroxyl groups excluding tert-OH is 1. The van der Waals surface area contributed by atoms with Crippen molar-refractivity contribution in [3.05, 3.63) is 0 Å². The molecule has 2 saturated heterocycles. The lowest BCUT2D eigenvalue weighted by atomic mass is 9.94. The molecule has 44 heavy (non-hydrogen) atoms. The Kier molecular flexibility index (Phi) is 13.4. The van der Waals surface area contributed by atoms with E-state index in [1.807, 2.05) is 0 Å². The van der Waals surface area contributed by atoms with E-state index >= 15 is 0 Å². The highest BCUT2D eigenvalue weighted by atomic mass is 16.8. The summed E-state index contributed by atoms with van der Waals surface area (Å²) in [7, 11) is 0. The van der Waals surface area contributed by atoms with Gasteiger partial charge in [-0.3, -0.25) is 33.6 Å². The zero-order chi connectivity index (χ0) is 33.3. The van der Waals surface area contributed by atoms with Crippen molar-refractivity contribution in [3.63, 3.8) is 0 Å². The van der Waals surface area contributed by atoms with Crippen LogP contribution in [0.4, 0.5) is 0 Å². The Labute approximate surface area is 251 Å². The third-order valence-electron chi connectivity index (χ3n) is 6.03. The topological polar surface area (TPSA) is 235 Å². The van der Waals surface area contributed by atoms with Crippen molar-refractivity contribution in [1.29, 1.82) is 0 Å². The van der Waals surface area contributed by atoms with Gasteiger partial charge in [0.05, 0.1) is 0 Å². The molecule has 0 aromatic carbocycles. The fourth-order valence-electron chi connectivity index (χ4n) is 4.59. The number of hydrogen-bond donors (Lipinski definition) is 2. The second-order valence-corrected chi connectivity index (χ2v) is 9.84. The normalized spacial score (nSPS) is 31.5. The lowest BCUT2D eigenvalue weighted by molar-refractivity contribution is -0.344. The van der Waals surface area contributed by atoms with E-state index < -0.39 is 116 Å². The molecule has 0 aromatic rings. The van der Waals surface area contributed by atoms with E-state index in [4.69, 9.17) is 42.6 Å². The molecule has 0 radical (unpaired) electrons. The molecule has 2 rings (SSSR count). The van der Waals surface area contributed by atoms with Gasteiger partial charge in [-0.05, 0) is 0 Å². The van der Waals surface area contributed by atoms with Crippen LogP contribution < -0.4 is 5.32 Å². The molecule has 248 valence electrons. The maximum Gasteiger partial charge on any atom is 0.303 e. The molecule has 2 aliphatic rings. The number of amides is 1. The SMILES string of the molecule is CC(=O)NC1C(O)OC(COC(C)=O)C(OC(C)=O)C1OC1OC(COC(C)=O)C(OC(C)=O)C(OC(C)=O)C1OC(C)=O. The van der Waals surface area contributed by atoms with Gasteiger partial charge >= 0.3 is 35.8 Å². The molecule has 2 N–H and O–H groups in total. The summed E-state index contributed by atoms with van der Waals surface area (Å²) in [6, 6.07) is -1.47. The number of ether oxygens (including phenoxy) is 9. The van der Waals surface area contributed by atoms with Crippen molar-refractivity contribution in [2.45, 2.75) is 110 Å². The summed E-state index contributed by atoms with van der Waals surface area (Å²) in [6.07, 6.45) is -14.2. The van der Waals surface area contributed by atoms with Crippen LogP contribution >= 0.6 is 0 Å². The molecule has 18 nitrogen and oxygen atoms in total. The molecule has 18 heteroatoms. The summed E-state index contributed by atoms with van der Waals surface area (Å²) in [5.41, 5.74) is 0. The van der Waals surface area contributed by atoms with E-state index in [9.17, 15) is 38.7 Å². The molecule has 2 aliphatic heterocycles. The van der Waals surface area contributed by atoms with Crippen LogP contribution in [0.1, 0.15) is 48.5 Å². The molecule has 0 aliphatic carbocycles. The monoisotopic (exact) mass is 635 g/mol. The Morgan fingerprint density at radius 3 is 1.41 bits per heavy atom. The quantitative estimate of drug-likeness (QED) is 0.188. The van der Waals surface area contributed by atoms with Crippen molar-refractivity contribution >= 4 is 41.7 Å². The number of hydrogen-bond acceptors (Lipinski definition) is 17. The van der Waals surface area contributed by atoms with Crippen LogP contribution in [0.3, 0.4) is 0 Å². The first kappa shape index (κ1) is 36.3. The van der Waals surface area contributed by atoms with Crippen molar-refractivity contribution in [2.24, 2.45) is 0 Å². The van der Waals surface area contributed by atoms with Crippen LogP contribution in [-0.2, 0) is 76.2 Å². The first-order chi connectivity index (χ1) is 20.5. The highest BCUT2D eigenvalue weighted by Gasteiger charge is 2.56. The molecule has 2 fully saturated rings. The van der Waals surface area contributed by atoms with Gasteiger partial charge in [0.2, 0.25) is 5.91 Å². The maximum absolute atomic E-state index is 12.2. The third-order valence-corrected chi connectivity index (χ3v) is 6.03. The van der Waals surface area contributed by atoms with E-state index in [0.717, 1.165) is 48.5 Å². The van der Waals surface area contributed by atoms with Crippen molar-refractivity contribution in [1.82, 2.24) is 5.32 Å². The number of nitrogens with one attached hydrogen (secondary N) is 1. The first-order valence-corrected chi connectivity index (χ1v) is 13.4. The molecular weight excluding hydrogens is 598 g/mol. The van der Waals surface area contributed by atoms with Crippen molar-refractivity contribution in [3.8, 4) is 0 Å². The minimum Gasteiger partial charge on any atom is -0.463 e. The zero-order valence-electron chi connectivity index (χ0n) is 25.2. The van der Waals surface area contributed by atoms with Gasteiger partial charge in [-0.2, -0.15) is 0 Å². The Hall–Kier alpha value is -3.87. The smallest absolute Gasteiger partial charge is 0.303 e. The average molecular weight is 636 g/mol. The predicted molar refractivity (Wildman–Crippen MR) is 138 cm³/mol.